The van der Waals surface area contributed by atoms with Gasteiger partial charge in [-0.15, -0.1) is 9.24 Å². The standard InChI is InChI=1S/C27H47P/c1-19(2)7-5-6-8-21-10-12-24-23-11-9-22-17-20(18-28)13-15-27(22,4)25(23)14-16-26(21,24)3/h9,19-21,23-25H,5-8,10-18,28H2,1-4H3. The lowest BCUT2D eigenvalue weighted by molar-refractivity contribution is -0.0449. The lowest BCUT2D eigenvalue weighted by atomic mass is 9.47. The Morgan fingerprint density at radius 3 is 2.61 bits per heavy atom. The first-order valence-corrected chi connectivity index (χ1v) is 13.6. The Morgan fingerprint density at radius 2 is 1.86 bits per heavy atom. The van der Waals surface area contributed by atoms with E-state index in [4.69, 9.17) is 0 Å². The van der Waals surface area contributed by atoms with E-state index in [9.17, 15) is 0 Å². The van der Waals surface area contributed by atoms with E-state index in [1.165, 1.54) is 76.8 Å². The zero-order chi connectivity index (χ0) is 19.9. The number of hydrogen-bond acceptors (Lipinski definition) is 0. The van der Waals surface area contributed by atoms with E-state index in [1.807, 2.05) is 5.57 Å². The Bertz CT molecular complexity index is 577. The normalized spacial score (nSPS) is 45.4. The fourth-order valence-electron chi connectivity index (χ4n) is 8.46. The molecule has 0 aromatic heterocycles. The van der Waals surface area contributed by atoms with Gasteiger partial charge in [0.2, 0.25) is 0 Å². The molecule has 28 heavy (non-hydrogen) atoms. The average Bonchev–Trinajstić information content (AvgIpc) is 3.01. The first kappa shape index (κ1) is 21.4. The van der Waals surface area contributed by atoms with Crippen molar-refractivity contribution in [2.24, 2.45) is 46.3 Å². The summed E-state index contributed by atoms with van der Waals surface area (Å²) in [5.74, 6) is 5.87. The van der Waals surface area contributed by atoms with Crippen LogP contribution < -0.4 is 0 Å². The summed E-state index contributed by atoms with van der Waals surface area (Å²) < 4.78 is 0. The lowest BCUT2D eigenvalue weighted by Gasteiger charge is -2.58. The Morgan fingerprint density at radius 1 is 1.04 bits per heavy atom. The van der Waals surface area contributed by atoms with Gasteiger partial charge in [0.05, 0.1) is 0 Å². The molecule has 160 valence electrons. The van der Waals surface area contributed by atoms with E-state index in [1.54, 1.807) is 6.42 Å². The van der Waals surface area contributed by atoms with E-state index >= 15 is 0 Å². The van der Waals surface area contributed by atoms with Crippen LogP contribution in [-0.4, -0.2) is 6.16 Å². The van der Waals surface area contributed by atoms with Crippen molar-refractivity contribution in [1.29, 1.82) is 0 Å². The molecule has 0 N–H and O–H groups in total. The summed E-state index contributed by atoms with van der Waals surface area (Å²) in [4.78, 5) is 0. The Kier molecular flexibility index (Phi) is 6.39. The third kappa shape index (κ3) is 3.67. The maximum Gasteiger partial charge on any atom is -0.00851 e. The third-order valence-corrected chi connectivity index (χ3v) is 11.0. The number of unbranched alkanes of at least 4 members (excludes halogenated alkanes) is 1. The van der Waals surface area contributed by atoms with E-state index in [0.717, 1.165) is 35.5 Å². The Balaban J connectivity index is 1.45. The van der Waals surface area contributed by atoms with Gasteiger partial charge in [-0.05, 0) is 110 Å². The first-order valence-electron chi connectivity index (χ1n) is 12.8. The maximum absolute atomic E-state index is 3.01. The summed E-state index contributed by atoms with van der Waals surface area (Å²) in [6.07, 6.45) is 21.9. The summed E-state index contributed by atoms with van der Waals surface area (Å²) >= 11 is 0. The number of allylic oxidation sites excluding steroid dienone is 2. The van der Waals surface area contributed by atoms with Gasteiger partial charge in [-0.1, -0.05) is 58.6 Å². The number of hydrogen-bond donors (Lipinski definition) is 0. The topological polar surface area (TPSA) is 0 Å². The Hall–Kier alpha value is 0.170. The molecular weight excluding hydrogens is 355 g/mol. The van der Waals surface area contributed by atoms with E-state index < -0.39 is 0 Å². The molecule has 3 fully saturated rings. The quantitative estimate of drug-likeness (QED) is 0.238. The Labute approximate surface area is 178 Å². The van der Waals surface area contributed by atoms with Crippen molar-refractivity contribution in [2.45, 2.75) is 105 Å². The van der Waals surface area contributed by atoms with Crippen molar-refractivity contribution in [2.75, 3.05) is 6.16 Å². The lowest BCUT2D eigenvalue weighted by Crippen LogP contribution is -2.50. The highest BCUT2D eigenvalue weighted by atomic mass is 31.0. The molecule has 0 aromatic carbocycles. The molecular formula is C27H47P. The van der Waals surface area contributed by atoms with Gasteiger partial charge in [-0.2, -0.15) is 0 Å². The number of rotatable bonds is 6. The molecule has 0 spiro atoms. The summed E-state index contributed by atoms with van der Waals surface area (Å²) in [5.41, 5.74) is 3.09. The summed E-state index contributed by atoms with van der Waals surface area (Å²) in [5, 5.41) is 0. The largest absolute Gasteiger partial charge is 0.137 e. The van der Waals surface area contributed by atoms with Crippen LogP contribution in [0.2, 0.25) is 0 Å². The smallest absolute Gasteiger partial charge is 0.00851 e. The molecule has 1 heteroatoms. The SMILES string of the molecule is CC(C)CCCCC1CCC2C3CC=C4CC(CP)CCC4(C)C3CCC12C. The zero-order valence-corrected chi connectivity index (χ0v) is 20.5. The highest BCUT2D eigenvalue weighted by molar-refractivity contribution is 7.16. The van der Waals surface area contributed by atoms with Gasteiger partial charge in [-0.3, -0.25) is 0 Å². The predicted molar refractivity (Wildman–Crippen MR) is 127 cm³/mol. The van der Waals surface area contributed by atoms with E-state index in [0.29, 0.717) is 10.8 Å². The van der Waals surface area contributed by atoms with Crippen LogP contribution in [0.15, 0.2) is 11.6 Å². The zero-order valence-electron chi connectivity index (χ0n) is 19.3. The molecule has 4 aliphatic carbocycles. The van der Waals surface area contributed by atoms with Gasteiger partial charge in [0, 0.05) is 0 Å². The van der Waals surface area contributed by atoms with Crippen molar-refractivity contribution in [3.8, 4) is 0 Å². The molecule has 4 aliphatic rings. The molecule has 0 radical (unpaired) electrons. The molecule has 0 heterocycles. The second-order valence-electron chi connectivity index (χ2n) is 12.1. The van der Waals surface area contributed by atoms with Crippen LogP contribution in [-0.2, 0) is 0 Å². The monoisotopic (exact) mass is 402 g/mol. The molecule has 8 unspecified atom stereocenters. The van der Waals surface area contributed by atoms with Crippen molar-refractivity contribution in [3.05, 3.63) is 11.6 Å². The first-order chi connectivity index (χ1) is 13.4. The van der Waals surface area contributed by atoms with Crippen LogP contribution in [0.4, 0.5) is 0 Å². The van der Waals surface area contributed by atoms with Gasteiger partial charge >= 0.3 is 0 Å². The van der Waals surface area contributed by atoms with Crippen LogP contribution in [0.25, 0.3) is 0 Å². The van der Waals surface area contributed by atoms with E-state index in [-0.39, 0.29) is 0 Å². The minimum atomic E-state index is 0.552. The average molecular weight is 403 g/mol. The fraction of sp³-hybridized carbons (Fsp3) is 0.926. The van der Waals surface area contributed by atoms with Crippen molar-refractivity contribution in [1.82, 2.24) is 0 Å². The van der Waals surface area contributed by atoms with Gasteiger partial charge in [0.15, 0.2) is 0 Å². The van der Waals surface area contributed by atoms with E-state index in [2.05, 4.69) is 43.0 Å². The van der Waals surface area contributed by atoms with Crippen molar-refractivity contribution in [3.63, 3.8) is 0 Å². The van der Waals surface area contributed by atoms with Crippen LogP contribution in [0.5, 0.6) is 0 Å². The van der Waals surface area contributed by atoms with Crippen LogP contribution >= 0.6 is 9.24 Å². The van der Waals surface area contributed by atoms with Gasteiger partial charge < -0.3 is 0 Å². The van der Waals surface area contributed by atoms with Gasteiger partial charge in [0.1, 0.15) is 0 Å². The van der Waals surface area contributed by atoms with Crippen LogP contribution in [0, 0.1) is 46.3 Å². The predicted octanol–water partition coefficient (Wildman–Crippen LogP) is 8.27. The molecule has 4 rings (SSSR count). The second kappa shape index (κ2) is 8.36. The maximum atomic E-state index is 3.01. The molecule has 8 atom stereocenters. The summed E-state index contributed by atoms with van der Waals surface area (Å²) in [7, 11) is 3.01. The minimum absolute atomic E-state index is 0.552. The fourth-order valence-corrected chi connectivity index (χ4v) is 8.87. The summed E-state index contributed by atoms with van der Waals surface area (Å²) in [6.45, 7) is 10.2. The highest BCUT2D eigenvalue weighted by Crippen LogP contribution is 2.67. The molecule has 0 bridgehead atoms. The van der Waals surface area contributed by atoms with Gasteiger partial charge in [-0.25, -0.2) is 0 Å². The molecule has 0 saturated heterocycles. The van der Waals surface area contributed by atoms with Crippen LogP contribution in [0.3, 0.4) is 0 Å². The van der Waals surface area contributed by atoms with Crippen molar-refractivity contribution < 1.29 is 0 Å². The number of fused-ring (bicyclic) bond motifs is 5. The molecule has 3 saturated carbocycles. The second-order valence-corrected chi connectivity index (χ2v) is 12.6. The van der Waals surface area contributed by atoms with Crippen molar-refractivity contribution >= 4 is 9.24 Å². The minimum Gasteiger partial charge on any atom is -0.137 e. The molecule has 0 aliphatic heterocycles. The molecule has 0 aromatic rings. The third-order valence-electron chi connectivity index (χ3n) is 10.3. The van der Waals surface area contributed by atoms with Crippen LogP contribution in [0.1, 0.15) is 105 Å². The summed E-state index contributed by atoms with van der Waals surface area (Å²) in [6, 6.07) is 0. The molecule has 0 nitrogen and oxygen atoms in total. The highest BCUT2D eigenvalue weighted by Gasteiger charge is 2.58. The van der Waals surface area contributed by atoms with Gasteiger partial charge in [0.25, 0.3) is 0 Å². The molecule has 0 amide bonds.